The Labute approximate surface area is 104 Å². The first-order chi connectivity index (χ1) is 7.62. The molecule has 96 valence electrons. The van der Waals surface area contributed by atoms with Gasteiger partial charge in [0.2, 0.25) is 5.88 Å². The number of ether oxygens (including phenoxy) is 1. The molecule has 0 fully saturated rings. The Morgan fingerprint density at radius 2 is 1.65 bits per heavy atom. The van der Waals surface area contributed by atoms with Crippen molar-refractivity contribution in [3.63, 3.8) is 0 Å². The van der Waals surface area contributed by atoms with E-state index in [0.29, 0.717) is 5.88 Å². The van der Waals surface area contributed by atoms with Crippen LogP contribution >= 0.6 is 0 Å². The number of anilines is 1. The van der Waals surface area contributed by atoms with Crippen LogP contribution in [0.4, 0.5) is 5.82 Å². The molecular formula is C13H23N3O. The van der Waals surface area contributed by atoms with Gasteiger partial charge in [0, 0.05) is 18.5 Å². The van der Waals surface area contributed by atoms with E-state index in [0.717, 1.165) is 11.6 Å². The van der Waals surface area contributed by atoms with Gasteiger partial charge in [-0.3, -0.25) is 0 Å². The molecule has 0 saturated carbocycles. The number of hydrogen-bond acceptors (Lipinski definition) is 4. The summed E-state index contributed by atoms with van der Waals surface area (Å²) >= 11 is 0. The fourth-order valence-electron chi connectivity index (χ4n) is 1.25. The largest absolute Gasteiger partial charge is 0.472 e. The van der Waals surface area contributed by atoms with Crippen molar-refractivity contribution in [2.75, 3.05) is 12.4 Å². The van der Waals surface area contributed by atoms with Crippen LogP contribution in [0.5, 0.6) is 5.88 Å². The first-order valence-electron chi connectivity index (χ1n) is 5.88. The standard InChI is InChI=1S/C13H23N3O/c1-12(2,3)11-15-9(14-7)8-10(16-11)17-13(4,5)6/h8H,1-7H3,(H,14,15,16). The average molecular weight is 237 g/mol. The zero-order valence-electron chi connectivity index (χ0n) is 11.9. The number of rotatable bonds is 2. The lowest BCUT2D eigenvalue weighted by Crippen LogP contribution is -2.25. The molecule has 1 N–H and O–H groups in total. The third-order valence-electron chi connectivity index (χ3n) is 2.04. The van der Waals surface area contributed by atoms with Crippen molar-refractivity contribution in [2.45, 2.75) is 52.6 Å². The second kappa shape index (κ2) is 4.51. The van der Waals surface area contributed by atoms with Crippen molar-refractivity contribution in [1.82, 2.24) is 9.97 Å². The minimum absolute atomic E-state index is 0.0944. The minimum atomic E-state index is -0.255. The van der Waals surface area contributed by atoms with E-state index in [1.54, 1.807) is 0 Å². The minimum Gasteiger partial charge on any atom is -0.472 e. The third kappa shape index (κ3) is 4.21. The molecule has 0 spiro atoms. The lowest BCUT2D eigenvalue weighted by atomic mass is 9.96. The highest BCUT2D eigenvalue weighted by Gasteiger charge is 2.21. The molecule has 0 amide bonds. The second-order valence-corrected chi connectivity index (χ2v) is 6.13. The Hall–Kier alpha value is -1.32. The van der Waals surface area contributed by atoms with Gasteiger partial charge in [-0.1, -0.05) is 20.8 Å². The van der Waals surface area contributed by atoms with E-state index < -0.39 is 0 Å². The molecule has 0 atom stereocenters. The quantitative estimate of drug-likeness (QED) is 0.859. The summed E-state index contributed by atoms with van der Waals surface area (Å²) in [4.78, 5) is 8.92. The molecular weight excluding hydrogens is 214 g/mol. The van der Waals surface area contributed by atoms with Gasteiger partial charge in [-0.25, -0.2) is 4.98 Å². The van der Waals surface area contributed by atoms with Crippen LogP contribution in [-0.2, 0) is 5.41 Å². The molecule has 0 radical (unpaired) electrons. The summed E-state index contributed by atoms with van der Waals surface area (Å²) in [6, 6.07) is 1.82. The van der Waals surface area contributed by atoms with Gasteiger partial charge in [-0.15, -0.1) is 0 Å². The summed E-state index contributed by atoms with van der Waals surface area (Å²) in [6.07, 6.45) is 0. The smallest absolute Gasteiger partial charge is 0.219 e. The van der Waals surface area contributed by atoms with Crippen LogP contribution < -0.4 is 10.1 Å². The molecule has 1 aromatic heterocycles. The first kappa shape index (κ1) is 13.7. The van der Waals surface area contributed by atoms with Crippen molar-refractivity contribution in [3.05, 3.63) is 11.9 Å². The number of nitrogens with zero attached hydrogens (tertiary/aromatic N) is 2. The van der Waals surface area contributed by atoms with E-state index >= 15 is 0 Å². The summed E-state index contributed by atoms with van der Waals surface area (Å²) in [5.74, 6) is 2.18. The lowest BCUT2D eigenvalue weighted by Gasteiger charge is -2.23. The van der Waals surface area contributed by atoms with E-state index in [4.69, 9.17) is 4.74 Å². The number of hydrogen-bond donors (Lipinski definition) is 1. The summed E-state index contributed by atoms with van der Waals surface area (Å²) in [6.45, 7) is 12.3. The van der Waals surface area contributed by atoms with Crippen molar-refractivity contribution in [3.8, 4) is 5.88 Å². The highest BCUT2D eigenvalue weighted by Crippen LogP contribution is 2.24. The molecule has 4 heteroatoms. The monoisotopic (exact) mass is 237 g/mol. The Balaban J connectivity index is 3.15. The van der Waals surface area contributed by atoms with Gasteiger partial charge in [-0.05, 0) is 20.8 Å². The number of aromatic nitrogens is 2. The van der Waals surface area contributed by atoms with Gasteiger partial charge in [0.05, 0.1) is 0 Å². The highest BCUT2D eigenvalue weighted by molar-refractivity contribution is 5.38. The van der Waals surface area contributed by atoms with E-state index in [1.807, 2.05) is 33.9 Å². The van der Waals surface area contributed by atoms with Crippen molar-refractivity contribution >= 4 is 5.82 Å². The molecule has 0 saturated heterocycles. The van der Waals surface area contributed by atoms with Crippen LogP contribution in [0.25, 0.3) is 0 Å². The van der Waals surface area contributed by atoms with Gasteiger partial charge in [0.1, 0.15) is 17.2 Å². The van der Waals surface area contributed by atoms with Crippen molar-refractivity contribution < 1.29 is 4.74 Å². The molecule has 17 heavy (non-hydrogen) atoms. The van der Waals surface area contributed by atoms with Crippen LogP contribution in [0.15, 0.2) is 6.07 Å². The number of nitrogens with one attached hydrogen (secondary N) is 1. The molecule has 1 rings (SSSR count). The molecule has 0 aliphatic carbocycles. The summed E-state index contributed by atoms with van der Waals surface area (Å²) < 4.78 is 5.79. The van der Waals surface area contributed by atoms with Gasteiger partial charge in [-0.2, -0.15) is 4.98 Å². The predicted octanol–water partition coefficient (Wildman–Crippen LogP) is 2.99. The zero-order valence-corrected chi connectivity index (χ0v) is 11.9. The third-order valence-corrected chi connectivity index (χ3v) is 2.04. The van der Waals surface area contributed by atoms with Crippen LogP contribution in [0.3, 0.4) is 0 Å². The Morgan fingerprint density at radius 1 is 1.06 bits per heavy atom. The second-order valence-electron chi connectivity index (χ2n) is 6.13. The van der Waals surface area contributed by atoms with Gasteiger partial charge >= 0.3 is 0 Å². The zero-order chi connectivity index (χ0) is 13.3. The maximum atomic E-state index is 5.79. The Morgan fingerprint density at radius 3 is 2.06 bits per heavy atom. The maximum absolute atomic E-state index is 5.79. The van der Waals surface area contributed by atoms with Gasteiger partial charge in [0.25, 0.3) is 0 Å². The van der Waals surface area contributed by atoms with Crippen molar-refractivity contribution in [2.24, 2.45) is 0 Å². The molecule has 0 aliphatic heterocycles. The van der Waals surface area contributed by atoms with E-state index in [-0.39, 0.29) is 11.0 Å². The molecule has 0 aromatic carbocycles. The molecule has 1 aromatic rings. The predicted molar refractivity (Wildman–Crippen MR) is 70.7 cm³/mol. The molecule has 0 aliphatic rings. The van der Waals surface area contributed by atoms with Crippen LogP contribution in [-0.4, -0.2) is 22.6 Å². The maximum Gasteiger partial charge on any atom is 0.219 e. The van der Waals surface area contributed by atoms with Crippen LogP contribution in [0.1, 0.15) is 47.4 Å². The van der Waals surface area contributed by atoms with Gasteiger partial charge in [0.15, 0.2) is 0 Å². The first-order valence-corrected chi connectivity index (χ1v) is 5.88. The summed E-state index contributed by atoms with van der Waals surface area (Å²) in [5, 5.41) is 3.03. The van der Waals surface area contributed by atoms with Crippen LogP contribution in [0.2, 0.25) is 0 Å². The molecule has 1 heterocycles. The van der Waals surface area contributed by atoms with E-state index in [1.165, 1.54) is 0 Å². The fourth-order valence-corrected chi connectivity index (χ4v) is 1.25. The fraction of sp³-hybridized carbons (Fsp3) is 0.692. The molecule has 4 nitrogen and oxygen atoms in total. The highest BCUT2D eigenvalue weighted by atomic mass is 16.5. The summed E-state index contributed by atoms with van der Waals surface area (Å²) in [5.41, 5.74) is -0.350. The van der Waals surface area contributed by atoms with E-state index in [2.05, 4.69) is 36.1 Å². The SMILES string of the molecule is CNc1cc(OC(C)(C)C)nc(C(C)(C)C)n1. The Kier molecular flexibility index (Phi) is 3.65. The average Bonchev–Trinajstić information content (AvgIpc) is 2.13. The van der Waals surface area contributed by atoms with E-state index in [9.17, 15) is 0 Å². The van der Waals surface area contributed by atoms with Crippen LogP contribution in [0, 0.1) is 0 Å². The van der Waals surface area contributed by atoms with Gasteiger partial charge < -0.3 is 10.1 Å². The normalized spacial score (nSPS) is 12.4. The topological polar surface area (TPSA) is 47.0 Å². The molecule has 0 bridgehead atoms. The lowest BCUT2D eigenvalue weighted by molar-refractivity contribution is 0.123. The Bertz CT molecular complexity index is 389. The molecule has 0 unspecified atom stereocenters. The summed E-state index contributed by atoms with van der Waals surface area (Å²) in [7, 11) is 1.84. The van der Waals surface area contributed by atoms with Crippen molar-refractivity contribution in [1.29, 1.82) is 0 Å².